The van der Waals surface area contributed by atoms with E-state index in [1.807, 2.05) is 0 Å². The molecule has 0 aliphatic carbocycles. The van der Waals surface area contributed by atoms with Gasteiger partial charge in [-0.3, -0.25) is 4.79 Å². The SMILES string of the molecule is C=C[C-]=C(C=C)CCNC(=O)O.O=C1CC[CH-]CN1.PCCN1CCCCC1.[Yb+2]. The summed E-state index contributed by atoms with van der Waals surface area (Å²) in [5.41, 5.74) is 0.846. The van der Waals surface area contributed by atoms with Gasteiger partial charge in [-0.2, -0.15) is 43.4 Å². The Kier molecular flexibility index (Phi) is 24.2. The van der Waals surface area contributed by atoms with Gasteiger partial charge in [-0.25, -0.2) is 4.79 Å². The van der Waals surface area contributed by atoms with Crippen molar-refractivity contribution in [1.29, 1.82) is 0 Å². The smallest absolute Gasteiger partial charge is 0.465 e. The molecule has 0 saturated carbocycles. The summed E-state index contributed by atoms with van der Waals surface area (Å²) in [4.78, 5) is 22.9. The Morgan fingerprint density at radius 3 is 2.45 bits per heavy atom. The number of carbonyl (C=O) groups excluding carboxylic acids is 1. The molecule has 8 heteroatoms. The van der Waals surface area contributed by atoms with E-state index >= 15 is 0 Å². The molecule has 1 atom stereocenters. The third-order valence-corrected chi connectivity index (χ3v) is 4.38. The molecular weight excluding hydrogens is 546 g/mol. The largest absolute Gasteiger partial charge is 2.00 e. The van der Waals surface area contributed by atoms with Crippen molar-refractivity contribution in [3.05, 3.63) is 43.4 Å². The Morgan fingerprint density at radius 1 is 1.34 bits per heavy atom. The van der Waals surface area contributed by atoms with E-state index in [4.69, 9.17) is 5.11 Å². The summed E-state index contributed by atoms with van der Waals surface area (Å²) in [6.07, 6.45) is 14.8. The molecule has 29 heavy (non-hydrogen) atoms. The van der Waals surface area contributed by atoms with Crippen LogP contribution in [0.1, 0.15) is 38.5 Å². The van der Waals surface area contributed by atoms with E-state index in [0.717, 1.165) is 18.5 Å². The second-order valence-corrected chi connectivity index (χ2v) is 6.96. The standard InChI is InChI=1S/C9H12NO2.C7H16NP.C5H8NO.Yb/c1-3-5-8(4-2)6-7-10-9(11)12;9-7-6-8-4-2-1-3-5-8;7-5-3-1-2-4-6-5;/h3-4,10H,1-2,6-7H2,(H,11,12);1-7,9H2;2H,1,3-4H2,(H,6,7);/q-1;;-1;+2. The van der Waals surface area contributed by atoms with Crippen LogP contribution in [-0.2, 0) is 4.79 Å². The summed E-state index contributed by atoms with van der Waals surface area (Å²) in [5.74, 6) is 0.183. The van der Waals surface area contributed by atoms with Crippen LogP contribution in [0.15, 0.2) is 30.9 Å². The molecule has 172 valence electrons. The molecular formula is C21H36N3O3PYb. The number of nitrogens with one attached hydrogen (secondary N) is 2. The van der Waals surface area contributed by atoms with Gasteiger partial charge in [0.05, 0.1) is 0 Å². The van der Waals surface area contributed by atoms with Crippen molar-refractivity contribution in [2.24, 2.45) is 0 Å². The Bertz CT molecular complexity index is 485. The summed E-state index contributed by atoms with van der Waals surface area (Å²) < 4.78 is 0. The first-order chi connectivity index (χ1) is 13.5. The zero-order valence-corrected chi connectivity index (χ0v) is 20.1. The number of hydrogen-bond donors (Lipinski definition) is 3. The summed E-state index contributed by atoms with van der Waals surface area (Å²) in [6, 6.07) is 0. The number of piperidine rings is 2. The molecule has 0 aromatic heterocycles. The molecule has 2 aliphatic heterocycles. The molecule has 1 unspecified atom stereocenters. The van der Waals surface area contributed by atoms with E-state index in [-0.39, 0.29) is 52.8 Å². The van der Waals surface area contributed by atoms with Gasteiger partial charge >= 0.3 is 53.0 Å². The first kappa shape index (κ1) is 31.1. The van der Waals surface area contributed by atoms with E-state index in [9.17, 15) is 9.59 Å². The summed E-state index contributed by atoms with van der Waals surface area (Å²) in [7, 11) is 2.79. The second kappa shape index (κ2) is 22.6. The molecule has 2 amide bonds. The molecule has 0 aromatic rings. The van der Waals surface area contributed by atoms with Crippen molar-refractivity contribution in [2.45, 2.75) is 38.5 Å². The van der Waals surface area contributed by atoms with Crippen LogP contribution in [-0.4, -0.2) is 60.9 Å². The van der Waals surface area contributed by atoms with Gasteiger partial charge in [0.1, 0.15) is 0 Å². The minimum absolute atomic E-state index is 0. The van der Waals surface area contributed by atoms with Crippen molar-refractivity contribution in [1.82, 2.24) is 15.5 Å². The summed E-state index contributed by atoms with van der Waals surface area (Å²) in [5, 5.41) is 13.2. The Morgan fingerprint density at radius 2 is 2.03 bits per heavy atom. The van der Waals surface area contributed by atoms with Gasteiger partial charge in [-0.1, -0.05) is 6.42 Å². The predicted octanol–water partition coefficient (Wildman–Crippen LogP) is 3.19. The molecule has 0 bridgehead atoms. The summed E-state index contributed by atoms with van der Waals surface area (Å²) >= 11 is 0. The van der Waals surface area contributed by atoms with E-state index in [0.29, 0.717) is 19.4 Å². The van der Waals surface area contributed by atoms with Crippen LogP contribution < -0.4 is 10.6 Å². The van der Waals surface area contributed by atoms with Crippen LogP contribution in [0.4, 0.5) is 4.79 Å². The average Bonchev–Trinajstić information content (AvgIpc) is 2.70. The molecule has 3 N–H and O–H groups in total. The van der Waals surface area contributed by atoms with Crippen LogP contribution in [0.25, 0.3) is 0 Å². The molecule has 0 aromatic carbocycles. The topological polar surface area (TPSA) is 81.7 Å². The van der Waals surface area contributed by atoms with Crippen molar-refractivity contribution >= 4 is 21.2 Å². The monoisotopic (exact) mass is 583 g/mol. The first-order valence-corrected chi connectivity index (χ1v) is 10.7. The Hall–Kier alpha value is -0.131. The van der Waals surface area contributed by atoms with E-state index in [1.165, 1.54) is 51.1 Å². The predicted molar refractivity (Wildman–Crippen MR) is 119 cm³/mol. The number of likely N-dealkylation sites (tertiary alicyclic amines) is 1. The van der Waals surface area contributed by atoms with E-state index < -0.39 is 6.09 Å². The quantitative estimate of drug-likeness (QED) is 0.245. The van der Waals surface area contributed by atoms with E-state index in [2.05, 4.69) is 50.4 Å². The number of carbonyl (C=O) groups is 2. The fraction of sp³-hybridized carbons (Fsp3) is 0.571. The fourth-order valence-corrected chi connectivity index (χ4v) is 3.01. The van der Waals surface area contributed by atoms with Crippen LogP contribution in [0.2, 0.25) is 0 Å². The molecule has 0 spiro atoms. The zero-order valence-electron chi connectivity index (χ0n) is 17.2. The maximum Gasteiger partial charge on any atom is 2.00 e. The van der Waals surface area contributed by atoms with Gasteiger partial charge < -0.3 is 27.1 Å². The molecule has 2 aliphatic rings. The van der Waals surface area contributed by atoms with Crippen LogP contribution in [0.3, 0.4) is 0 Å². The number of nitrogens with zero attached hydrogens (tertiary/aromatic N) is 1. The normalized spacial score (nSPS) is 16.4. The van der Waals surface area contributed by atoms with Crippen molar-refractivity contribution in [3.8, 4) is 0 Å². The van der Waals surface area contributed by atoms with Crippen LogP contribution in [0, 0.1) is 59.4 Å². The molecule has 2 saturated heterocycles. The third kappa shape index (κ3) is 20.9. The average molecular weight is 583 g/mol. The second-order valence-electron chi connectivity index (χ2n) is 6.38. The van der Waals surface area contributed by atoms with Crippen LogP contribution in [0.5, 0.6) is 0 Å². The van der Waals surface area contributed by atoms with Crippen molar-refractivity contribution in [2.75, 3.05) is 38.9 Å². The number of rotatable bonds is 7. The summed E-state index contributed by atoms with van der Waals surface area (Å²) in [6.45, 7) is 12.1. The minimum Gasteiger partial charge on any atom is -0.465 e. The third-order valence-electron chi connectivity index (χ3n) is 4.12. The number of allylic oxidation sites excluding steroid dienone is 3. The van der Waals surface area contributed by atoms with Crippen LogP contribution >= 0.6 is 9.24 Å². The molecule has 2 fully saturated rings. The molecule has 2 rings (SSSR count). The van der Waals surface area contributed by atoms with E-state index in [1.54, 1.807) is 6.08 Å². The number of amides is 2. The molecule has 2 heterocycles. The Labute approximate surface area is 217 Å². The minimum atomic E-state index is -1.02. The van der Waals surface area contributed by atoms with Gasteiger partial charge in [0.25, 0.3) is 0 Å². The van der Waals surface area contributed by atoms with Gasteiger partial charge in [-0.15, -0.1) is 15.8 Å². The number of carboxylic acid groups (broad SMARTS) is 1. The maximum atomic E-state index is 10.3. The van der Waals surface area contributed by atoms with Crippen molar-refractivity contribution < 1.29 is 61.6 Å². The molecule has 0 radical (unpaired) electrons. The van der Waals surface area contributed by atoms with Gasteiger partial charge in [-0.05, 0) is 44.9 Å². The fourth-order valence-electron chi connectivity index (χ4n) is 2.64. The number of hydrogen-bond acceptors (Lipinski definition) is 3. The Balaban J connectivity index is 0. The van der Waals surface area contributed by atoms with Gasteiger partial charge in [0.15, 0.2) is 0 Å². The molecule has 6 nitrogen and oxygen atoms in total. The first-order valence-electron chi connectivity index (χ1n) is 9.86. The zero-order chi connectivity index (χ0) is 21.0. The van der Waals surface area contributed by atoms with Gasteiger partial charge in [0.2, 0.25) is 5.91 Å². The maximum absolute atomic E-state index is 10.3. The van der Waals surface area contributed by atoms with Gasteiger partial charge in [0, 0.05) is 13.1 Å². The van der Waals surface area contributed by atoms with Crippen molar-refractivity contribution in [3.63, 3.8) is 0 Å².